The standard InChI is InChI=1S/C18H26N4O2/c1-12-9-16(13(2)19-12)18(23)11-22-7-5-21(6-8-22)10-17-14(3)20-24-15(17)4/h9,19H,5-8,10-11H2,1-4H3. The highest BCUT2D eigenvalue weighted by molar-refractivity contribution is 5.98. The third-order valence-corrected chi connectivity index (χ3v) is 4.84. The fourth-order valence-corrected chi connectivity index (χ4v) is 3.36. The third-order valence-electron chi connectivity index (χ3n) is 4.84. The molecule has 1 aliphatic rings. The Labute approximate surface area is 142 Å². The number of nitrogens with zero attached hydrogens (tertiary/aromatic N) is 3. The summed E-state index contributed by atoms with van der Waals surface area (Å²) >= 11 is 0. The summed E-state index contributed by atoms with van der Waals surface area (Å²) in [6, 6.07) is 1.95. The molecule has 0 aromatic carbocycles. The number of rotatable bonds is 5. The Morgan fingerprint density at radius 1 is 1.17 bits per heavy atom. The van der Waals surface area contributed by atoms with Crippen molar-refractivity contribution in [1.82, 2.24) is 19.9 Å². The SMILES string of the molecule is Cc1cc(C(=O)CN2CCN(Cc3c(C)noc3C)CC2)c(C)[nH]1. The first-order valence-electron chi connectivity index (χ1n) is 8.50. The molecule has 2 aromatic heterocycles. The second kappa shape index (κ2) is 6.91. The van der Waals surface area contributed by atoms with Crippen LogP contribution < -0.4 is 0 Å². The molecule has 3 heterocycles. The predicted molar refractivity (Wildman–Crippen MR) is 92.3 cm³/mol. The lowest BCUT2D eigenvalue weighted by Crippen LogP contribution is -2.47. The second-order valence-corrected chi connectivity index (χ2v) is 6.77. The molecule has 1 fully saturated rings. The van der Waals surface area contributed by atoms with Crippen LogP contribution in [-0.2, 0) is 6.54 Å². The molecule has 6 heteroatoms. The number of aromatic nitrogens is 2. The average Bonchev–Trinajstić information content (AvgIpc) is 3.04. The van der Waals surface area contributed by atoms with Crippen LogP contribution in [0.25, 0.3) is 0 Å². The van der Waals surface area contributed by atoms with Crippen molar-refractivity contribution < 1.29 is 9.32 Å². The smallest absolute Gasteiger partial charge is 0.178 e. The Hall–Kier alpha value is -1.92. The summed E-state index contributed by atoms with van der Waals surface area (Å²) in [7, 11) is 0. The summed E-state index contributed by atoms with van der Waals surface area (Å²) in [6.45, 7) is 13.0. The van der Waals surface area contributed by atoms with Crippen LogP contribution in [0.4, 0.5) is 0 Å². The maximum Gasteiger partial charge on any atom is 0.178 e. The van der Waals surface area contributed by atoms with Crippen LogP contribution in [0.2, 0.25) is 0 Å². The molecule has 6 nitrogen and oxygen atoms in total. The van der Waals surface area contributed by atoms with Gasteiger partial charge in [-0.25, -0.2) is 0 Å². The molecule has 2 aromatic rings. The van der Waals surface area contributed by atoms with Crippen molar-refractivity contribution in [1.29, 1.82) is 0 Å². The van der Waals surface area contributed by atoms with Crippen molar-refractivity contribution in [2.75, 3.05) is 32.7 Å². The molecule has 0 amide bonds. The van der Waals surface area contributed by atoms with Crippen LogP contribution in [0.5, 0.6) is 0 Å². The number of nitrogens with one attached hydrogen (secondary N) is 1. The highest BCUT2D eigenvalue weighted by Crippen LogP contribution is 2.17. The Morgan fingerprint density at radius 3 is 2.38 bits per heavy atom. The summed E-state index contributed by atoms with van der Waals surface area (Å²) in [6.07, 6.45) is 0. The lowest BCUT2D eigenvalue weighted by molar-refractivity contribution is 0.0843. The van der Waals surface area contributed by atoms with Gasteiger partial charge in [-0.15, -0.1) is 0 Å². The largest absolute Gasteiger partial charge is 0.362 e. The number of piperazine rings is 1. The van der Waals surface area contributed by atoms with Crippen molar-refractivity contribution in [2.24, 2.45) is 0 Å². The predicted octanol–water partition coefficient (Wildman–Crippen LogP) is 2.24. The maximum atomic E-state index is 12.5. The number of carbonyl (C=O) groups excluding carboxylic acids is 1. The molecule has 0 bridgehead atoms. The molecule has 0 unspecified atom stereocenters. The van der Waals surface area contributed by atoms with Crippen molar-refractivity contribution in [3.05, 3.63) is 40.0 Å². The van der Waals surface area contributed by atoms with Gasteiger partial charge in [0, 0.05) is 55.2 Å². The van der Waals surface area contributed by atoms with Crippen LogP contribution in [0.1, 0.15) is 38.8 Å². The fourth-order valence-electron chi connectivity index (χ4n) is 3.36. The quantitative estimate of drug-likeness (QED) is 0.852. The van der Waals surface area contributed by atoms with Crippen LogP contribution in [0, 0.1) is 27.7 Å². The minimum absolute atomic E-state index is 0.205. The van der Waals surface area contributed by atoms with E-state index in [0.717, 1.165) is 61.1 Å². The van der Waals surface area contributed by atoms with Gasteiger partial charge in [-0.3, -0.25) is 14.6 Å². The summed E-state index contributed by atoms with van der Waals surface area (Å²) in [5.41, 5.74) is 5.00. The number of Topliss-reactive ketones (excluding diaryl/α,β-unsaturated/α-hetero) is 1. The van der Waals surface area contributed by atoms with Gasteiger partial charge in [-0.1, -0.05) is 5.16 Å². The van der Waals surface area contributed by atoms with Crippen LogP contribution in [-0.4, -0.2) is 58.4 Å². The zero-order chi connectivity index (χ0) is 17.3. The van der Waals surface area contributed by atoms with Gasteiger partial charge in [-0.2, -0.15) is 0 Å². The monoisotopic (exact) mass is 330 g/mol. The number of aryl methyl sites for hydroxylation is 4. The third kappa shape index (κ3) is 3.60. The van der Waals surface area contributed by atoms with E-state index in [9.17, 15) is 4.79 Å². The number of H-pyrrole nitrogens is 1. The molecule has 1 saturated heterocycles. The van der Waals surface area contributed by atoms with E-state index in [1.165, 1.54) is 5.56 Å². The van der Waals surface area contributed by atoms with Gasteiger partial charge in [0.1, 0.15) is 5.76 Å². The van der Waals surface area contributed by atoms with Crippen molar-refractivity contribution in [3.63, 3.8) is 0 Å². The van der Waals surface area contributed by atoms with E-state index < -0.39 is 0 Å². The molecule has 0 radical (unpaired) electrons. The number of hydrogen-bond donors (Lipinski definition) is 1. The topological polar surface area (TPSA) is 65.4 Å². The molecule has 0 aliphatic carbocycles. The summed E-state index contributed by atoms with van der Waals surface area (Å²) < 4.78 is 5.24. The highest BCUT2D eigenvalue weighted by atomic mass is 16.5. The lowest BCUT2D eigenvalue weighted by Gasteiger charge is -2.34. The van der Waals surface area contributed by atoms with E-state index in [-0.39, 0.29) is 5.78 Å². The first-order valence-corrected chi connectivity index (χ1v) is 8.50. The first kappa shape index (κ1) is 16.9. The normalized spacial score (nSPS) is 16.7. The molecule has 0 saturated carbocycles. The highest BCUT2D eigenvalue weighted by Gasteiger charge is 2.22. The van der Waals surface area contributed by atoms with E-state index in [1.54, 1.807) is 0 Å². The molecule has 24 heavy (non-hydrogen) atoms. The van der Waals surface area contributed by atoms with Gasteiger partial charge < -0.3 is 9.51 Å². The number of aromatic amines is 1. The molecule has 130 valence electrons. The van der Waals surface area contributed by atoms with Gasteiger partial charge >= 0.3 is 0 Å². The average molecular weight is 330 g/mol. The zero-order valence-electron chi connectivity index (χ0n) is 15.0. The minimum atomic E-state index is 0.205. The molecule has 3 rings (SSSR count). The van der Waals surface area contributed by atoms with Gasteiger partial charge in [0.2, 0.25) is 0 Å². The van der Waals surface area contributed by atoms with E-state index >= 15 is 0 Å². The summed E-state index contributed by atoms with van der Waals surface area (Å²) in [4.78, 5) is 20.3. The molecular formula is C18H26N4O2. The van der Waals surface area contributed by atoms with Crippen molar-refractivity contribution in [3.8, 4) is 0 Å². The van der Waals surface area contributed by atoms with E-state index in [2.05, 4.69) is 19.9 Å². The van der Waals surface area contributed by atoms with Gasteiger partial charge in [0.05, 0.1) is 12.2 Å². The van der Waals surface area contributed by atoms with Crippen LogP contribution >= 0.6 is 0 Å². The molecular weight excluding hydrogens is 304 g/mol. The second-order valence-electron chi connectivity index (χ2n) is 6.77. The lowest BCUT2D eigenvalue weighted by atomic mass is 10.1. The summed E-state index contributed by atoms with van der Waals surface area (Å²) in [5, 5.41) is 4.02. The van der Waals surface area contributed by atoms with Gasteiger partial charge in [0.25, 0.3) is 0 Å². The number of hydrogen-bond acceptors (Lipinski definition) is 5. The Balaban J connectivity index is 1.52. The van der Waals surface area contributed by atoms with E-state index in [4.69, 9.17) is 4.52 Å². The molecule has 0 spiro atoms. The van der Waals surface area contributed by atoms with Crippen molar-refractivity contribution >= 4 is 5.78 Å². The summed E-state index contributed by atoms with van der Waals surface area (Å²) in [5.74, 6) is 1.11. The first-order chi connectivity index (χ1) is 11.4. The van der Waals surface area contributed by atoms with Gasteiger partial charge in [-0.05, 0) is 33.8 Å². The Morgan fingerprint density at radius 2 is 1.83 bits per heavy atom. The molecule has 0 atom stereocenters. The molecule has 1 aliphatic heterocycles. The Kier molecular flexibility index (Phi) is 4.87. The minimum Gasteiger partial charge on any atom is -0.362 e. The van der Waals surface area contributed by atoms with E-state index in [1.807, 2.05) is 33.8 Å². The van der Waals surface area contributed by atoms with Crippen LogP contribution in [0.3, 0.4) is 0 Å². The van der Waals surface area contributed by atoms with E-state index in [0.29, 0.717) is 6.54 Å². The van der Waals surface area contributed by atoms with Crippen molar-refractivity contribution in [2.45, 2.75) is 34.2 Å². The van der Waals surface area contributed by atoms with Crippen LogP contribution in [0.15, 0.2) is 10.6 Å². The Bertz CT molecular complexity index is 704. The van der Waals surface area contributed by atoms with Gasteiger partial charge in [0.15, 0.2) is 5.78 Å². The number of ketones is 1. The zero-order valence-corrected chi connectivity index (χ0v) is 15.0. The fraction of sp³-hybridized carbons (Fsp3) is 0.556. The number of carbonyl (C=O) groups is 1. The maximum absolute atomic E-state index is 12.5. The molecule has 1 N–H and O–H groups in total.